The van der Waals surface area contributed by atoms with Gasteiger partial charge in [-0.25, -0.2) is 9.59 Å². The number of carbonyl (C=O) groups is 2. The van der Waals surface area contributed by atoms with Crippen LogP contribution in [0.3, 0.4) is 0 Å². The summed E-state index contributed by atoms with van der Waals surface area (Å²) in [6, 6.07) is 0.210. The van der Waals surface area contributed by atoms with Gasteiger partial charge in [-0.1, -0.05) is 13.8 Å². The van der Waals surface area contributed by atoms with Crippen molar-refractivity contribution in [3.05, 3.63) is 11.6 Å². The maximum Gasteiger partial charge on any atom is 0.331 e. The molecule has 5 fully saturated rings. The normalized spacial score (nSPS) is 49.1. The lowest BCUT2D eigenvalue weighted by atomic mass is 9.42. The molecule has 6 aliphatic rings. The molecule has 0 aromatic rings. The summed E-state index contributed by atoms with van der Waals surface area (Å²) in [4.78, 5) is 28.6. The van der Waals surface area contributed by atoms with Crippen LogP contribution in [0.1, 0.15) is 71.6 Å². The number of urea groups is 1. The molecule has 8 heteroatoms. The molecule has 0 bridgehead atoms. The van der Waals surface area contributed by atoms with Crippen molar-refractivity contribution >= 4 is 12.0 Å². The number of fused-ring (bicyclic) bond motifs is 5. The number of esters is 1. The summed E-state index contributed by atoms with van der Waals surface area (Å²) in [5, 5.41) is 34.0. The first-order valence-corrected chi connectivity index (χ1v) is 14.5. The molecule has 0 spiro atoms. The molecule has 0 unspecified atom stereocenters. The fourth-order valence-corrected chi connectivity index (χ4v) is 10.0. The van der Waals surface area contributed by atoms with Crippen LogP contribution in [-0.4, -0.2) is 87.7 Å². The largest absolute Gasteiger partial charge is 0.458 e. The van der Waals surface area contributed by atoms with Gasteiger partial charge >= 0.3 is 12.0 Å². The van der Waals surface area contributed by atoms with Gasteiger partial charge in [0.2, 0.25) is 0 Å². The number of β-amino-alcohol motifs (C(OH)–C–C–N with tert-alkyl or cyclic N) is 1. The standard InChI is InChI=1S/C29H44N2O6/c1-27-9-6-19(30(3)26(35)31-11-8-20(32)15-31)13-18(27)4-5-22-23(27)14-24(33)28(2)21(7-10-29(22,28)36)17-12-25(34)37-16-17/h12,18-24,32-33,36H,4-11,13-16H2,1-3H3/t18-,19+,20-,21-,22-,23+,24-,27+,28+,29+/m1/s1. The van der Waals surface area contributed by atoms with Crippen LogP contribution in [0, 0.1) is 34.5 Å². The van der Waals surface area contributed by atoms with E-state index in [0.29, 0.717) is 38.3 Å². The Morgan fingerprint density at radius 1 is 1.08 bits per heavy atom. The maximum absolute atomic E-state index is 13.1. The molecule has 0 radical (unpaired) electrons. The van der Waals surface area contributed by atoms with Gasteiger partial charge < -0.3 is 29.9 Å². The Kier molecular flexibility index (Phi) is 6.01. The molecule has 10 atom stereocenters. The predicted octanol–water partition coefficient (Wildman–Crippen LogP) is 2.70. The molecule has 8 nitrogen and oxygen atoms in total. The molecule has 2 heterocycles. The van der Waals surface area contributed by atoms with Crippen molar-refractivity contribution in [2.45, 2.75) is 95.5 Å². The van der Waals surface area contributed by atoms with Crippen LogP contribution in [0.2, 0.25) is 0 Å². The third kappa shape index (κ3) is 3.57. The van der Waals surface area contributed by atoms with Crippen LogP contribution in [0.4, 0.5) is 4.79 Å². The molecule has 2 amide bonds. The van der Waals surface area contributed by atoms with E-state index < -0.39 is 23.2 Å². The molecule has 3 N–H and O–H groups in total. The third-order valence-corrected chi connectivity index (χ3v) is 12.3. The Hall–Kier alpha value is -1.64. The van der Waals surface area contributed by atoms with Crippen LogP contribution >= 0.6 is 0 Å². The number of aliphatic hydroxyl groups is 3. The quantitative estimate of drug-likeness (QED) is 0.487. The summed E-state index contributed by atoms with van der Waals surface area (Å²) in [5.74, 6) is 0.473. The van der Waals surface area contributed by atoms with E-state index in [1.54, 1.807) is 11.0 Å². The Bertz CT molecular complexity index is 1000. The van der Waals surface area contributed by atoms with E-state index in [0.717, 1.165) is 44.1 Å². The highest BCUT2D eigenvalue weighted by molar-refractivity contribution is 5.85. The zero-order valence-corrected chi connectivity index (χ0v) is 22.6. The van der Waals surface area contributed by atoms with Gasteiger partial charge in [0.1, 0.15) is 6.61 Å². The minimum atomic E-state index is -0.958. The molecular weight excluding hydrogens is 472 g/mol. The highest BCUT2D eigenvalue weighted by Crippen LogP contribution is 2.70. The average Bonchev–Trinajstić information content (AvgIpc) is 3.56. The van der Waals surface area contributed by atoms with Crippen LogP contribution in [0.5, 0.6) is 0 Å². The zero-order chi connectivity index (χ0) is 26.3. The zero-order valence-electron chi connectivity index (χ0n) is 22.6. The summed E-state index contributed by atoms with van der Waals surface area (Å²) in [6.07, 6.45) is 8.13. The van der Waals surface area contributed by atoms with Crippen molar-refractivity contribution in [2.24, 2.45) is 34.5 Å². The number of hydrogen-bond acceptors (Lipinski definition) is 6. The second-order valence-corrected chi connectivity index (χ2v) is 13.6. The van der Waals surface area contributed by atoms with Gasteiger partial charge in [0.15, 0.2) is 0 Å². The van der Waals surface area contributed by atoms with E-state index in [1.165, 1.54) is 0 Å². The summed E-state index contributed by atoms with van der Waals surface area (Å²) >= 11 is 0. The van der Waals surface area contributed by atoms with Crippen molar-refractivity contribution < 1.29 is 29.6 Å². The highest BCUT2D eigenvalue weighted by Gasteiger charge is 2.70. The number of amides is 2. The molecule has 0 aromatic heterocycles. The first-order valence-electron chi connectivity index (χ1n) is 14.5. The van der Waals surface area contributed by atoms with Crippen molar-refractivity contribution in [2.75, 3.05) is 26.7 Å². The number of nitrogens with zero attached hydrogens (tertiary/aromatic N) is 2. The first kappa shape index (κ1) is 25.6. The predicted molar refractivity (Wildman–Crippen MR) is 136 cm³/mol. The second kappa shape index (κ2) is 8.68. The van der Waals surface area contributed by atoms with Gasteiger partial charge in [-0.2, -0.15) is 0 Å². The SMILES string of the molecule is CN(C(=O)N1CC[C@@H](O)C1)[C@H]1CC[C@@]2(C)[C@H](CC[C@@H]3[C@@H]2C[C@@H](O)[C@]2(C)[C@@H](C4=CC(=O)OC4)CC[C@]32O)C1. The van der Waals surface area contributed by atoms with Gasteiger partial charge in [-0.3, -0.25) is 0 Å². The maximum atomic E-state index is 13.1. The average molecular weight is 517 g/mol. The molecule has 206 valence electrons. The van der Waals surface area contributed by atoms with E-state index in [2.05, 4.69) is 13.8 Å². The van der Waals surface area contributed by atoms with Gasteiger partial charge in [0.05, 0.1) is 17.8 Å². The number of likely N-dealkylation sites (tertiary alicyclic amines) is 1. The summed E-state index contributed by atoms with van der Waals surface area (Å²) in [6.45, 7) is 5.75. The molecular formula is C29H44N2O6. The highest BCUT2D eigenvalue weighted by atomic mass is 16.5. The topological polar surface area (TPSA) is 111 Å². The molecule has 1 saturated heterocycles. The van der Waals surface area contributed by atoms with Crippen molar-refractivity contribution in [3.8, 4) is 0 Å². The lowest BCUT2D eigenvalue weighted by Gasteiger charge is -2.65. The molecule has 6 rings (SSSR count). The molecule has 0 aromatic carbocycles. The number of hydrogen-bond donors (Lipinski definition) is 3. The minimum absolute atomic E-state index is 0.0228. The van der Waals surface area contributed by atoms with Crippen LogP contribution < -0.4 is 0 Å². The van der Waals surface area contributed by atoms with E-state index in [-0.39, 0.29) is 47.8 Å². The first-order chi connectivity index (χ1) is 17.5. The van der Waals surface area contributed by atoms with E-state index in [9.17, 15) is 24.9 Å². The molecule has 37 heavy (non-hydrogen) atoms. The molecule has 2 aliphatic heterocycles. The van der Waals surface area contributed by atoms with Gasteiger partial charge in [-0.05, 0) is 92.4 Å². The number of ether oxygens (including phenoxy) is 1. The lowest BCUT2D eigenvalue weighted by molar-refractivity contribution is -0.243. The fraction of sp³-hybridized carbons (Fsp3) is 0.862. The monoisotopic (exact) mass is 516 g/mol. The Morgan fingerprint density at radius 3 is 2.54 bits per heavy atom. The van der Waals surface area contributed by atoms with Gasteiger partial charge in [-0.15, -0.1) is 0 Å². The third-order valence-electron chi connectivity index (χ3n) is 12.3. The molecule has 4 saturated carbocycles. The van der Waals surface area contributed by atoms with E-state index >= 15 is 0 Å². The van der Waals surface area contributed by atoms with Crippen molar-refractivity contribution in [1.29, 1.82) is 0 Å². The Labute approximate surface area is 220 Å². The second-order valence-electron chi connectivity index (χ2n) is 13.6. The van der Waals surface area contributed by atoms with Crippen LogP contribution in [-0.2, 0) is 9.53 Å². The van der Waals surface area contributed by atoms with Gasteiger partial charge in [0.25, 0.3) is 0 Å². The van der Waals surface area contributed by atoms with Crippen LogP contribution in [0.15, 0.2) is 11.6 Å². The number of rotatable bonds is 2. The van der Waals surface area contributed by atoms with Crippen molar-refractivity contribution in [3.63, 3.8) is 0 Å². The number of cyclic esters (lactones) is 1. The van der Waals surface area contributed by atoms with Crippen molar-refractivity contribution in [1.82, 2.24) is 9.80 Å². The molecule has 4 aliphatic carbocycles. The summed E-state index contributed by atoms with van der Waals surface area (Å²) in [5.41, 5.74) is -0.684. The smallest absolute Gasteiger partial charge is 0.331 e. The fourth-order valence-electron chi connectivity index (χ4n) is 10.0. The number of carbonyl (C=O) groups excluding carboxylic acids is 2. The summed E-state index contributed by atoms with van der Waals surface area (Å²) in [7, 11) is 1.91. The van der Waals surface area contributed by atoms with E-state index in [1.807, 2.05) is 11.9 Å². The Balaban J connectivity index is 1.21. The minimum Gasteiger partial charge on any atom is -0.458 e. The van der Waals surface area contributed by atoms with E-state index in [4.69, 9.17) is 4.74 Å². The Morgan fingerprint density at radius 2 is 1.86 bits per heavy atom. The summed E-state index contributed by atoms with van der Waals surface area (Å²) < 4.78 is 5.21. The van der Waals surface area contributed by atoms with Gasteiger partial charge in [0, 0.05) is 37.7 Å². The van der Waals surface area contributed by atoms with Crippen LogP contribution in [0.25, 0.3) is 0 Å². The lowest BCUT2D eigenvalue weighted by Crippen LogP contribution is -2.67. The number of aliphatic hydroxyl groups excluding tert-OH is 2.